The summed E-state index contributed by atoms with van der Waals surface area (Å²) in [5, 5.41) is 13.0. The number of hydrogen-bond acceptors (Lipinski definition) is 4. The quantitative estimate of drug-likeness (QED) is 0.603. The second-order valence-electron chi connectivity index (χ2n) is 5.05. The molecular weight excluding hydrogens is 417 g/mol. The third kappa shape index (κ3) is 5.26. The molecule has 4 nitrogen and oxygen atoms in total. The zero-order chi connectivity index (χ0) is 17.5. The van der Waals surface area contributed by atoms with Gasteiger partial charge in [-0.1, -0.05) is 29.3 Å². The van der Waals surface area contributed by atoms with Gasteiger partial charge < -0.3 is 19.9 Å². The van der Waals surface area contributed by atoms with Crippen LogP contribution in [-0.4, -0.2) is 25.4 Å². The van der Waals surface area contributed by atoms with Gasteiger partial charge in [-0.15, -0.1) is 0 Å². The van der Waals surface area contributed by atoms with Crippen molar-refractivity contribution in [3.05, 3.63) is 56.0 Å². The van der Waals surface area contributed by atoms with Gasteiger partial charge in [-0.3, -0.25) is 0 Å². The van der Waals surface area contributed by atoms with Gasteiger partial charge in [0.05, 0.1) is 28.2 Å². The summed E-state index contributed by atoms with van der Waals surface area (Å²) in [6.45, 7) is 1.61. The van der Waals surface area contributed by atoms with Crippen LogP contribution in [0.15, 0.2) is 34.8 Å². The SMILES string of the molecule is COc1cc(CNCCO)cc(Br)c1OCc1ccc(Cl)c(Cl)c1. The number of aliphatic hydroxyl groups excluding tert-OH is 1. The van der Waals surface area contributed by atoms with E-state index in [-0.39, 0.29) is 6.61 Å². The Hall–Kier alpha value is -0.980. The van der Waals surface area contributed by atoms with Gasteiger partial charge in [-0.25, -0.2) is 0 Å². The summed E-state index contributed by atoms with van der Waals surface area (Å²) in [5.41, 5.74) is 1.93. The van der Waals surface area contributed by atoms with E-state index in [2.05, 4.69) is 21.2 Å². The largest absolute Gasteiger partial charge is 0.493 e. The van der Waals surface area contributed by atoms with Crippen LogP contribution >= 0.6 is 39.1 Å². The Labute approximate surface area is 159 Å². The highest BCUT2D eigenvalue weighted by molar-refractivity contribution is 9.10. The number of aliphatic hydroxyl groups is 1. The minimum atomic E-state index is 0.100. The first-order valence-corrected chi connectivity index (χ1v) is 8.84. The zero-order valence-corrected chi connectivity index (χ0v) is 16.2. The fraction of sp³-hybridized carbons (Fsp3) is 0.294. The van der Waals surface area contributed by atoms with Crippen LogP contribution < -0.4 is 14.8 Å². The first-order chi connectivity index (χ1) is 11.5. The van der Waals surface area contributed by atoms with Crippen LogP contribution in [0.5, 0.6) is 11.5 Å². The first kappa shape index (κ1) is 19.3. The van der Waals surface area contributed by atoms with Gasteiger partial charge in [0.1, 0.15) is 6.61 Å². The standard InChI is InChI=1S/C17H18BrCl2NO3/c1-23-16-8-12(9-21-4-5-22)6-13(18)17(16)24-10-11-2-3-14(19)15(20)7-11/h2-3,6-8,21-22H,4-5,9-10H2,1H3. The van der Waals surface area contributed by atoms with Crippen molar-refractivity contribution >= 4 is 39.1 Å². The highest BCUT2D eigenvalue weighted by Gasteiger charge is 2.12. The number of rotatable bonds is 8. The third-order valence-corrected chi connectivity index (χ3v) is 4.60. The maximum Gasteiger partial charge on any atom is 0.175 e. The van der Waals surface area contributed by atoms with Crippen LogP contribution in [0, 0.1) is 0 Å². The maximum atomic E-state index is 8.82. The van der Waals surface area contributed by atoms with Crippen molar-refractivity contribution < 1.29 is 14.6 Å². The fourth-order valence-electron chi connectivity index (χ4n) is 2.11. The number of hydrogen-bond donors (Lipinski definition) is 2. The number of ether oxygens (including phenoxy) is 2. The van der Waals surface area contributed by atoms with Gasteiger partial charge in [-0.2, -0.15) is 0 Å². The Bertz CT molecular complexity index is 698. The van der Waals surface area contributed by atoms with Crippen molar-refractivity contribution in [2.24, 2.45) is 0 Å². The molecule has 2 aromatic carbocycles. The van der Waals surface area contributed by atoms with Crippen molar-refractivity contribution in [1.82, 2.24) is 5.32 Å². The lowest BCUT2D eigenvalue weighted by atomic mass is 10.2. The minimum Gasteiger partial charge on any atom is -0.493 e. The van der Waals surface area contributed by atoms with E-state index in [1.54, 1.807) is 19.2 Å². The average molecular weight is 435 g/mol. The van der Waals surface area contributed by atoms with Gasteiger partial charge >= 0.3 is 0 Å². The molecular formula is C17H18BrCl2NO3. The summed E-state index contributed by atoms with van der Waals surface area (Å²) < 4.78 is 12.1. The van der Waals surface area contributed by atoms with E-state index in [0.717, 1.165) is 15.6 Å². The summed E-state index contributed by atoms with van der Waals surface area (Å²) >= 11 is 15.5. The molecule has 0 saturated heterocycles. The molecule has 0 spiro atoms. The lowest BCUT2D eigenvalue weighted by molar-refractivity contribution is 0.282. The Kier molecular flexibility index (Phi) is 7.65. The van der Waals surface area contributed by atoms with Crippen molar-refractivity contribution in [2.75, 3.05) is 20.3 Å². The lowest BCUT2D eigenvalue weighted by Crippen LogP contribution is -2.17. The predicted molar refractivity (Wildman–Crippen MR) is 100 cm³/mol. The number of halogens is 3. The molecule has 0 amide bonds. The summed E-state index contributed by atoms with van der Waals surface area (Å²) in [7, 11) is 1.60. The van der Waals surface area contributed by atoms with Crippen molar-refractivity contribution in [3.63, 3.8) is 0 Å². The van der Waals surface area contributed by atoms with E-state index < -0.39 is 0 Å². The molecule has 0 atom stereocenters. The molecule has 2 rings (SSSR count). The topological polar surface area (TPSA) is 50.7 Å². The monoisotopic (exact) mass is 433 g/mol. The molecule has 0 unspecified atom stereocenters. The first-order valence-electron chi connectivity index (χ1n) is 7.30. The molecule has 24 heavy (non-hydrogen) atoms. The summed E-state index contributed by atoms with van der Waals surface area (Å²) in [6, 6.07) is 9.24. The second-order valence-corrected chi connectivity index (χ2v) is 6.72. The summed E-state index contributed by atoms with van der Waals surface area (Å²) in [4.78, 5) is 0. The molecule has 0 fully saturated rings. The fourth-order valence-corrected chi connectivity index (χ4v) is 3.04. The molecule has 0 heterocycles. The highest BCUT2D eigenvalue weighted by atomic mass is 79.9. The maximum absolute atomic E-state index is 8.82. The van der Waals surface area contributed by atoms with Crippen LogP contribution in [0.1, 0.15) is 11.1 Å². The number of benzene rings is 2. The van der Waals surface area contributed by atoms with Crippen molar-refractivity contribution in [3.8, 4) is 11.5 Å². The molecule has 2 aromatic rings. The van der Waals surface area contributed by atoms with Crippen LogP contribution in [-0.2, 0) is 13.2 Å². The second kappa shape index (κ2) is 9.49. The molecule has 0 radical (unpaired) electrons. The highest BCUT2D eigenvalue weighted by Crippen LogP contribution is 2.37. The molecule has 0 aliphatic carbocycles. The number of methoxy groups -OCH3 is 1. The van der Waals surface area contributed by atoms with E-state index in [1.165, 1.54) is 0 Å². The van der Waals surface area contributed by atoms with E-state index in [9.17, 15) is 0 Å². The van der Waals surface area contributed by atoms with E-state index >= 15 is 0 Å². The Balaban J connectivity index is 2.12. The van der Waals surface area contributed by atoms with Crippen LogP contribution in [0.3, 0.4) is 0 Å². The van der Waals surface area contributed by atoms with Gasteiger partial charge in [0, 0.05) is 13.1 Å². The zero-order valence-electron chi connectivity index (χ0n) is 13.1. The Morgan fingerprint density at radius 2 is 1.92 bits per heavy atom. The molecule has 2 N–H and O–H groups in total. The molecule has 0 aliphatic heterocycles. The normalized spacial score (nSPS) is 10.7. The third-order valence-electron chi connectivity index (χ3n) is 3.27. The Morgan fingerprint density at radius 3 is 2.58 bits per heavy atom. The molecule has 0 saturated carbocycles. The summed E-state index contributed by atoms with van der Waals surface area (Å²) in [6.07, 6.45) is 0. The van der Waals surface area contributed by atoms with Crippen LogP contribution in [0.25, 0.3) is 0 Å². The van der Waals surface area contributed by atoms with Crippen molar-refractivity contribution in [1.29, 1.82) is 0 Å². The van der Waals surface area contributed by atoms with Gasteiger partial charge in [-0.05, 0) is 51.3 Å². The molecule has 0 aromatic heterocycles. The smallest absolute Gasteiger partial charge is 0.175 e. The van der Waals surface area contributed by atoms with Crippen LogP contribution in [0.2, 0.25) is 10.0 Å². The van der Waals surface area contributed by atoms with E-state index in [4.69, 9.17) is 37.8 Å². The lowest BCUT2D eigenvalue weighted by Gasteiger charge is -2.15. The van der Waals surface area contributed by atoms with Crippen molar-refractivity contribution in [2.45, 2.75) is 13.2 Å². The molecule has 7 heteroatoms. The average Bonchev–Trinajstić information content (AvgIpc) is 2.56. The van der Waals surface area contributed by atoms with E-state index in [1.807, 2.05) is 18.2 Å². The van der Waals surface area contributed by atoms with Crippen LogP contribution in [0.4, 0.5) is 0 Å². The van der Waals surface area contributed by atoms with Gasteiger partial charge in [0.15, 0.2) is 11.5 Å². The molecule has 0 bridgehead atoms. The summed E-state index contributed by atoms with van der Waals surface area (Å²) in [5.74, 6) is 1.25. The Morgan fingerprint density at radius 1 is 1.12 bits per heavy atom. The number of nitrogens with one attached hydrogen (secondary N) is 1. The van der Waals surface area contributed by atoms with E-state index in [0.29, 0.717) is 41.2 Å². The minimum absolute atomic E-state index is 0.100. The predicted octanol–water partition coefficient (Wildman–Crippen LogP) is 4.43. The van der Waals surface area contributed by atoms with Gasteiger partial charge in [0.25, 0.3) is 0 Å². The molecule has 0 aliphatic rings. The molecule has 130 valence electrons. The van der Waals surface area contributed by atoms with Gasteiger partial charge in [0.2, 0.25) is 0 Å².